The van der Waals surface area contributed by atoms with Crippen molar-refractivity contribution in [3.05, 3.63) is 36.4 Å². The lowest BCUT2D eigenvalue weighted by Gasteiger charge is -2.07. The van der Waals surface area contributed by atoms with Crippen molar-refractivity contribution >= 4 is 5.57 Å². The van der Waals surface area contributed by atoms with Crippen LogP contribution in [-0.2, 0) is 4.74 Å². The molecule has 15 heavy (non-hydrogen) atoms. The minimum Gasteiger partial charge on any atom is -0.468 e. The normalized spacial score (nSPS) is 10.0. The summed E-state index contributed by atoms with van der Waals surface area (Å²) in [4.78, 5) is 0. The fourth-order valence-electron chi connectivity index (χ4n) is 1.16. The van der Waals surface area contributed by atoms with Crippen molar-refractivity contribution in [2.75, 3.05) is 13.4 Å². The van der Waals surface area contributed by atoms with Gasteiger partial charge in [-0.3, -0.25) is 0 Å². The maximum atomic E-state index is 5.44. The van der Waals surface area contributed by atoms with Crippen LogP contribution in [0.25, 0.3) is 5.57 Å². The van der Waals surface area contributed by atoms with E-state index in [0.29, 0.717) is 6.79 Å². The Hall–Kier alpha value is -1.28. The largest absolute Gasteiger partial charge is 0.468 e. The molecule has 0 aromatic heterocycles. The Morgan fingerprint density at radius 2 is 2.20 bits per heavy atom. The van der Waals surface area contributed by atoms with Gasteiger partial charge in [0.05, 0.1) is 6.61 Å². The fraction of sp³-hybridized carbons (Fsp3) is 0.385. The van der Waals surface area contributed by atoms with Gasteiger partial charge < -0.3 is 9.47 Å². The molecule has 0 N–H and O–H groups in total. The van der Waals surface area contributed by atoms with E-state index < -0.39 is 0 Å². The molecule has 0 radical (unpaired) electrons. The Morgan fingerprint density at radius 3 is 2.87 bits per heavy atom. The highest BCUT2D eigenvalue weighted by Gasteiger charge is 1.97. The first-order valence-corrected chi connectivity index (χ1v) is 5.20. The highest BCUT2D eigenvalue weighted by Crippen LogP contribution is 2.18. The van der Waals surface area contributed by atoms with E-state index in [1.54, 1.807) is 0 Å². The topological polar surface area (TPSA) is 18.5 Å². The van der Waals surface area contributed by atoms with E-state index in [4.69, 9.17) is 9.47 Å². The van der Waals surface area contributed by atoms with Gasteiger partial charge in [-0.15, -0.1) is 0 Å². The Bertz CT molecular complexity index is 318. The minimum atomic E-state index is 0.313. The van der Waals surface area contributed by atoms with Gasteiger partial charge in [-0.2, -0.15) is 0 Å². The number of hydrogen-bond acceptors (Lipinski definition) is 2. The first kappa shape index (κ1) is 11.8. The third-order valence-corrected chi connectivity index (χ3v) is 1.98. The molecule has 0 aliphatic heterocycles. The van der Waals surface area contributed by atoms with Crippen LogP contribution in [0.4, 0.5) is 0 Å². The van der Waals surface area contributed by atoms with Crippen molar-refractivity contribution in [1.82, 2.24) is 0 Å². The molecule has 1 aromatic rings. The summed E-state index contributed by atoms with van der Waals surface area (Å²) >= 11 is 0. The first-order chi connectivity index (χ1) is 7.24. The van der Waals surface area contributed by atoms with Crippen LogP contribution in [-0.4, -0.2) is 13.4 Å². The Kier molecular flexibility index (Phi) is 4.91. The van der Waals surface area contributed by atoms with Gasteiger partial charge in [0.2, 0.25) is 0 Å². The van der Waals surface area contributed by atoms with Crippen LogP contribution >= 0.6 is 0 Å². The van der Waals surface area contributed by atoms with Crippen molar-refractivity contribution < 1.29 is 9.47 Å². The van der Waals surface area contributed by atoms with Crippen molar-refractivity contribution in [2.24, 2.45) is 0 Å². The zero-order valence-corrected chi connectivity index (χ0v) is 9.45. The van der Waals surface area contributed by atoms with Gasteiger partial charge in [0, 0.05) is 0 Å². The quantitative estimate of drug-likeness (QED) is 0.524. The molecule has 0 aliphatic carbocycles. The third-order valence-electron chi connectivity index (χ3n) is 1.98. The molecule has 0 spiro atoms. The molecule has 0 saturated heterocycles. The van der Waals surface area contributed by atoms with E-state index in [-0.39, 0.29) is 0 Å². The van der Waals surface area contributed by atoms with E-state index in [9.17, 15) is 0 Å². The summed E-state index contributed by atoms with van der Waals surface area (Å²) in [6, 6.07) is 7.86. The van der Waals surface area contributed by atoms with E-state index in [1.165, 1.54) is 0 Å². The van der Waals surface area contributed by atoms with Crippen LogP contribution in [0.3, 0.4) is 0 Å². The monoisotopic (exact) mass is 206 g/mol. The minimum absolute atomic E-state index is 0.313. The molecule has 0 heterocycles. The van der Waals surface area contributed by atoms with Crippen LogP contribution in [0.5, 0.6) is 5.75 Å². The average Bonchev–Trinajstić information content (AvgIpc) is 2.25. The van der Waals surface area contributed by atoms with Crippen molar-refractivity contribution in [2.45, 2.75) is 20.3 Å². The molecule has 1 aromatic carbocycles. The van der Waals surface area contributed by atoms with Crippen LogP contribution in [0.15, 0.2) is 30.8 Å². The zero-order chi connectivity index (χ0) is 11.1. The van der Waals surface area contributed by atoms with Gasteiger partial charge in [-0.1, -0.05) is 31.2 Å². The maximum absolute atomic E-state index is 5.44. The lowest BCUT2D eigenvalue weighted by atomic mass is 10.1. The van der Waals surface area contributed by atoms with Crippen LogP contribution in [0.2, 0.25) is 0 Å². The standard InChI is InChI=1S/C13H18O2/c1-4-8-14-10-15-13-7-5-6-12(9-13)11(2)3/h5-7,9H,2,4,8,10H2,1,3H3. The number of rotatable bonds is 6. The first-order valence-electron chi connectivity index (χ1n) is 5.20. The summed E-state index contributed by atoms with van der Waals surface area (Å²) in [6.45, 7) is 8.99. The second-order valence-electron chi connectivity index (χ2n) is 3.48. The summed E-state index contributed by atoms with van der Waals surface area (Å²) < 4.78 is 10.7. The van der Waals surface area contributed by atoms with Crippen molar-refractivity contribution in [3.63, 3.8) is 0 Å². The molecule has 0 fully saturated rings. The number of allylic oxidation sites excluding steroid dienone is 1. The Morgan fingerprint density at radius 1 is 1.40 bits per heavy atom. The Balaban J connectivity index is 2.47. The van der Waals surface area contributed by atoms with E-state index in [0.717, 1.165) is 29.9 Å². The van der Waals surface area contributed by atoms with Gasteiger partial charge in [-0.05, 0) is 31.0 Å². The molecule has 0 atom stereocenters. The summed E-state index contributed by atoms with van der Waals surface area (Å²) in [6.07, 6.45) is 1.01. The third kappa shape index (κ3) is 4.17. The average molecular weight is 206 g/mol. The van der Waals surface area contributed by atoms with E-state index in [1.807, 2.05) is 31.2 Å². The molecule has 2 nitrogen and oxygen atoms in total. The highest BCUT2D eigenvalue weighted by atomic mass is 16.7. The number of ether oxygens (including phenoxy) is 2. The molecule has 2 heteroatoms. The zero-order valence-electron chi connectivity index (χ0n) is 9.45. The van der Waals surface area contributed by atoms with Crippen molar-refractivity contribution in [3.8, 4) is 5.75 Å². The summed E-state index contributed by atoms with van der Waals surface area (Å²) in [5.74, 6) is 0.826. The fourth-order valence-corrected chi connectivity index (χ4v) is 1.16. The highest BCUT2D eigenvalue weighted by molar-refractivity contribution is 5.62. The summed E-state index contributed by atoms with van der Waals surface area (Å²) in [5, 5.41) is 0. The summed E-state index contributed by atoms with van der Waals surface area (Å²) in [7, 11) is 0. The molecular weight excluding hydrogens is 188 g/mol. The molecule has 1 rings (SSSR count). The predicted octanol–water partition coefficient (Wildman–Crippen LogP) is 3.48. The second-order valence-corrected chi connectivity index (χ2v) is 3.48. The lowest BCUT2D eigenvalue weighted by Crippen LogP contribution is -2.03. The van der Waals surface area contributed by atoms with Gasteiger partial charge in [0.25, 0.3) is 0 Å². The molecule has 0 aliphatic rings. The molecule has 0 saturated carbocycles. The smallest absolute Gasteiger partial charge is 0.189 e. The molecular formula is C13H18O2. The maximum Gasteiger partial charge on any atom is 0.189 e. The van der Waals surface area contributed by atoms with Crippen LogP contribution in [0.1, 0.15) is 25.8 Å². The van der Waals surface area contributed by atoms with Crippen LogP contribution < -0.4 is 4.74 Å². The predicted molar refractivity (Wildman–Crippen MR) is 62.9 cm³/mol. The van der Waals surface area contributed by atoms with E-state index in [2.05, 4.69) is 13.5 Å². The van der Waals surface area contributed by atoms with Gasteiger partial charge in [-0.25, -0.2) is 0 Å². The van der Waals surface area contributed by atoms with Crippen molar-refractivity contribution in [1.29, 1.82) is 0 Å². The number of hydrogen-bond donors (Lipinski definition) is 0. The second kappa shape index (κ2) is 6.25. The lowest BCUT2D eigenvalue weighted by molar-refractivity contribution is 0.0157. The van der Waals surface area contributed by atoms with E-state index >= 15 is 0 Å². The molecule has 0 unspecified atom stereocenters. The van der Waals surface area contributed by atoms with Gasteiger partial charge >= 0.3 is 0 Å². The Labute approximate surface area is 91.5 Å². The molecule has 82 valence electrons. The van der Waals surface area contributed by atoms with Gasteiger partial charge in [0.1, 0.15) is 5.75 Å². The molecule has 0 amide bonds. The number of benzene rings is 1. The summed E-state index contributed by atoms with van der Waals surface area (Å²) in [5.41, 5.74) is 2.14. The molecule has 0 bridgehead atoms. The van der Waals surface area contributed by atoms with Crippen LogP contribution in [0, 0.1) is 0 Å². The SMILES string of the molecule is C=C(C)c1cccc(OCOCCC)c1. The van der Waals surface area contributed by atoms with Gasteiger partial charge in [0.15, 0.2) is 6.79 Å².